The van der Waals surface area contributed by atoms with Gasteiger partial charge in [-0.2, -0.15) is 0 Å². The van der Waals surface area contributed by atoms with E-state index in [2.05, 4.69) is 11.9 Å². The van der Waals surface area contributed by atoms with Crippen LogP contribution in [0.25, 0.3) is 0 Å². The van der Waals surface area contributed by atoms with Gasteiger partial charge in [0.05, 0.1) is 44.4 Å². The molecule has 44 heavy (non-hydrogen) atoms. The van der Waals surface area contributed by atoms with Gasteiger partial charge in [-0.15, -0.1) is 0 Å². The van der Waals surface area contributed by atoms with E-state index in [4.69, 9.17) is 13.8 Å². The summed E-state index contributed by atoms with van der Waals surface area (Å²) in [6.45, 7) is 1.97. The van der Waals surface area contributed by atoms with Crippen molar-refractivity contribution in [3.8, 4) is 0 Å². The topological polar surface area (TPSA) is 184 Å². The fraction of sp³-hybridized carbons (Fsp3) is 0.903. The second kappa shape index (κ2) is 22.6. The average molecular weight is 651 g/mol. The Morgan fingerprint density at radius 3 is 1.82 bits per heavy atom. The van der Waals surface area contributed by atoms with Gasteiger partial charge in [0.25, 0.3) is 0 Å². The van der Waals surface area contributed by atoms with Gasteiger partial charge in [-0.3, -0.25) is 9.05 Å². The number of aromatic nitrogens is 2. The molecule has 0 bridgehead atoms. The second-order valence-electron chi connectivity index (χ2n) is 12.2. The molecule has 1 saturated carbocycles. The molecule has 0 spiro atoms. The fourth-order valence-corrected chi connectivity index (χ4v) is 6.66. The zero-order chi connectivity index (χ0) is 32.2. The minimum atomic E-state index is -4.84. The van der Waals surface area contributed by atoms with E-state index >= 15 is 0 Å². The van der Waals surface area contributed by atoms with Gasteiger partial charge in [-0.25, -0.2) is 9.55 Å². The highest BCUT2D eigenvalue weighted by Gasteiger charge is 2.51. The van der Waals surface area contributed by atoms with Crippen molar-refractivity contribution in [1.82, 2.24) is 9.55 Å². The molecular formula is C31H59N2O10P. The molecule has 8 atom stereocenters. The standard InChI is InChI=1S/C31H59N2O10P/c1-2-3-4-5-6-7-8-9-10-11-12-13-14-15-16-17-20-41-22-25(33-19-18-32-24-33)23-42-44(39,40)43-31-28(36)26(21-34)27(35)29(37)30(31)38/h18-19,24-31,34-38H,2-17,20-23H2,1H3,(H,39,40)/t25-,26+,27-,28-,29+,30+,31-/m1/s1. The molecule has 2 rings (SSSR count). The van der Waals surface area contributed by atoms with Crippen LogP contribution in [-0.4, -0.2) is 96.9 Å². The third kappa shape index (κ3) is 14.7. The smallest absolute Gasteiger partial charge is 0.396 e. The molecule has 0 aromatic carbocycles. The quantitative estimate of drug-likeness (QED) is 0.0622. The molecule has 1 fully saturated rings. The number of ether oxygens (including phenoxy) is 1. The molecule has 1 aromatic rings. The molecular weight excluding hydrogens is 591 g/mol. The van der Waals surface area contributed by atoms with Gasteiger partial charge < -0.3 is 39.7 Å². The van der Waals surface area contributed by atoms with Gasteiger partial charge >= 0.3 is 7.82 Å². The first-order valence-electron chi connectivity index (χ1n) is 16.8. The third-order valence-electron chi connectivity index (χ3n) is 8.55. The van der Waals surface area contributed by atoms with E-state index in [9.17, 15) is 35.0 Å². The molecule has 12 nitrogen and oxygen atoms in total. The SMILES string of the molecule is CCCCCCCCCCCCCCCCCCOC[C@H](COP(=O)(O)O[C@@H]1[C@H](O)[C@@H](CO)[C@@H](O)[C@H](O)[C@@H]1O)n1ccnc1. The molecule has 6 N–H and O–H groups in total. The summed E-state index contributed by atoms with van der Waals surface area (Å²) in [5.41, 5.74) is 0. The predicted molar refractivity (Wildman–Crippen MR) is 167 cm³/mol. The van der Waals surface area contributed by atoms with Crippen LogP contribution in [0, 0.1) is 5.92 Å². The van der Waals surface area contributed by atoms with Gasteiger partial charge in [-0.05, 0) is 6.42 Å². The maximum Gasteiger partial charge on any atom is 0.472 e. The molecule has 0 saturated heterocycles. The van der Waals surface area contributed by atoms with Crippen LogP contribution < -0.4 is 0 Å². The number of aliphatic hydroxyl groups excluding tert-OH is 5. The largest absolute Gasteiger partial charge is 0.472 e. The summed E-state index contributed by atoms with van der Waals surface area (Å²) < 4.78 is 30.4. The molecule has 258 valence electrons. The number of hydrogen-bond donors (Lipinski definition) is 6. The van der Waals surface area contributed by atoms with Crippen LogP contribution in [0.3, 0.4) is 0 Å². The van der Waals surface area contributed by atoms with E-state index in [1.54, 1.807) is 17.0 Å². The lowest BCUT2D eigenvalue weighted by Gasteiger charge is -2.43. The lowest BCUT2D eigenvalue weighted by molar-refractivity contribution is -0.206. The molecule has 0 aliphatic heterocycles. The normalized spacial score (nSPS) is 26.1. The Balaban J connectivity index is 1.59. The van der Waals surface area contributed by atoms with Gasteiger partial charge in [0.1, 0.15) is 18.3 Å². The number of aliphatic hydroxyl groups is 5. The summed E-state index contributed by atoms with van der Waals surface area (Å²) in [5.74, 6) is -1.28. The Morgan fingerprint density at radius 1 is 0.773 bits per heavy atom. The van der Waals surface area contributed by atoms with Crippen molar-refractivity contribution in [3.63, 3.8) is 0 Å². The number of imidazole rings is 1. The fourth-order valence-electron chi connectivity index (χ4n) is 5.68. The summed E-state index contributed by atoms with van der Waals surface area (Å²) in [5, 5.41) is 50.0. The average Bonchev–Trinajstić information content (AvgIpc) is 3.54. The van der Waals surface area contributed by atoms with Crippen molar-refractivity contribution < 1.29 is 48.8 Å². The highest BCUT2D eigenvalue weighted by atomic mass is 31.2. The third-order valence-corrected chi connectivity index (χ3v) is 9.53. The Labute approximate surface area is 263 Å². The number of rotatable bonds is 26. The van der Waals surface area contributed by atoms with Crippen molar-refractivity contribution in [2.75, 3.05) is 26.4 Å². The zero-order valence-corrected chi connectivity index (χ0v) is 27.5. The Kier molecular flexibility index (Phi) is 20.1. The molecule has 1 aliphatic carbocycles. The molecule has 1 unspecified atom stereocenters. The van der Waals surface area contributed by atoms with E-state index in [0.29, 0.717) is 6.61 Å². The van der Waals surface area contributed by atoms with E-state index in [1.807, 2.05) is 0 Å². The van der Waals surface area contributed by atoms with Gasteiger partial charge in [0, 0.05) is 24.9 Å². The summed E-state index contributed by atoms with van der Waals surface area (Å²) in [6.07, 6.45) is 16.6. The Hall–Kier alpha value is -0.920. The monoisotopic (exact) mass is 650 g/mol. The van der Waals surface area contributed by atoms with E-state index in [0.717, 1.165) is 12.8 Å². The first kappa shape index (κ1) is 39.3. The first-order chi connectivity index (χ1) is 21.2. The van der Waals surface area contributed by atoms with E-state index in [-0.39, 0.29) is 13.2 Å². The van der Waals surface area contributed by atoms with Gasteiger partial charge in [-0.1, -0.05) is 103 Å². The predicted octanol–water partition coefficient (Wildman–Crippen LogP) is 4.27. The van der Waals surface area contributed by atoms with Crippen LogP contribution in [0.2, 0.25) is 0 Å². The maximum absolute atomic E-state index is 12.7. The van der Waals surface area contributed by atoms with Crippen LogP contribution in [0.1, 0.15) is 116 Å². The molecule has 1 aliphatic rings. The molecule has 0 radical (unpaired) electrons. The van der Waals surface area contributed by atoms with Crippen LogP contribution in [0.5, 0.6) is 0 Å². The lowest BCUT2D eigenvalue weighted by Crippen LogP contribution is -2.62. The van der Waals surface area contributed by atoms with Crippen LogP contribution in [-0.2, 0) is 18.3 Å². The maximum atomic E-state index is 12.7. The van der Waals surface area contributed by atoms with Crippen molar-refractivity contribution >= 4 is 7.82 Å². The van der Waals surface area contributed by atoms with Crippen molar-refractivity contribution in [2.24, 2.45) is 5.92 Å². The van der Waals surface area contributed by atoms with E-state index < -0.39 is 56.9 Å². The highest BCUT2D eigenvalue weighted by molar-refractivity contribution is 7.47. The summed E-state index contributed by atoms with van der Waals surface area (Å²) in [4.78, 5) is 14.3. The number of phosphoric ester groups is 1. The summed E-state index contributed by atoms with van der Waals surface area (Å²) in [6, 6.07) is -0.499. The second-order valence-corrected chi connectivity index (χ2v) is 13.6. The number of phosphoric acid groups is 1. The van der Waals surface area contributed by atoms with Crippen molar-refractivity contribution in [1.29, 1.82) is 0 Å². The van der Waals surface area contributed by atoms with Gasteiger partial charge in [0.15, 0.2) is 0 Å². The Morgan fingerprint density at radius 2 is 1.32 bits per heavy atom. The van der Waals surface area contributed by atoms with Crippen LogP contribution in [0.4, 0.5) is 0 Å². The van der Waals surface area contributed by atoms with Gasteiger partial charge in [0.2, 0.25) is 0 Å². The lowest BCUT2D eigenvalue weighted by atomic mass is 9.79. The molecule has 1 aromatic heterocycles. The molecule has 1 heterocycles. The number of unbranched alkanes of at least 4 members (excludes halogenated alkanes) is 15. The number of nitrogens with zero attached hydrogens (tertiary/aromatic N) is 2. The summed E-state index contributed by atoms with van der Waals surface area (Å²) in [7, 11) is -4.84. The van der Waals surface area contributed by atoms with Crippen molar-refractivity contribution in [3.05, 3.63) is 18.7 Å². The van der Waals surface area contributed by atoms with Crippen molar-refractivity contribution in [2.45, 2.75) is 146 Å². The minimum Gasteiger partial charge on any atom is -0.396 e. The minimum absolute atomic E-state index is 0.196. The zero-order valence-electron chi connectivity index (χ0n) is 26.6. The molecule has 13 heteroatoms. The number of hydrogen-bond acceptors (Lipinski definition) is 10. The Bertz CT molecular complexity index is 880. The van der Waals surface area contributed by atoms with Crippen LogP contribution >= 0.6 is 7.82 Å². The molecule has 0 amide bonds. The summed E-state index contributed by atoms with van der Waals surface area (Å²) >= 11 is 0. The highest BCUT2D eigenvalue weighted by Crippen LogP contribution is 2.48. The van der Waals surface area contributed by atoms with E-state index in [1.165, 1.54) is 96.2 Å². The first-order valence-corrected chi connectivity index (χ1v) is 18.3. The van der Waals surface area contributed by atoms with Crippen LogP contribution in [0.15, 0.2) is 18.7 Å².